The fourth-order valence-electron chi connectivity index (χ4n) is 5.01. The van der Waals surface area contributed by atoms with E-state index in [9.17, 15) is 0 Å². The highest BCUT2D eigenvalue weighted by Crippen LogP contribution is 2.29. The zero-order valence-electron chi connectivity index (χ0n) is 20.6. The Morgan fingerprint density at radius 1 is 0.529 bits per heavy atom. The van der Waals surface area contributed by atoms with Gasteiger partial charge in [-0.2, -0.15) is 10.2 Å². The molecule has 0 aliphatic rings. The predicted octanol–water partition coefficient (Wildman–Crippen LogP) is 6.64. The lowest BCUT2D eigenvalue weighted by Crippen LogP contribution is -2.04. The van der Waals surface area contributed by atoms with E-state index in [2.05, 4.69) is 65.8 Å². The molecule has 5 nitrogen and oxygen atoms in total. The molecule has 0 spiro atoms. The molecule has 170 valence electrons. The lowest BCUT2D eigenvalue weighted by Gasteiger charge is -2.09. The van der Waals surface area contributed by atoms with E-state index in [0.717, 1.165) is 23.0 Å². The zero-order chi connectivity index (χ0) is 24.0. The smallest absolute Gasteiger partial charge is 0.155 e. The van der Waals surface area contributed by atoms with Crippen molar-refractivity contribution in [3.8, 4) is 34.2 Å². The van der Waals surface area contributed by atoms with E-state index in [4.69, 9.17) is 15.2 Å². The van der Waals surface area contributed by atoms with E-state index in [0.29, 0.717) is 0 Å². The lowest BCUT2D eigenvalue weighted by atomic mass is 9.98. The molecule has 5 heteroatoms. The van der Waals surface area contributed by atoms with Crippen LogP contribution < -0.4 is 0 Å². The molecule has 0 saturated carbocycles. The van der Waals surface area contributed by atoms with Gasteiger partial charge in [0.1, 0.15) is 0 Å². The van der Waals surface area contributed by atoms with Gasteiger partial charge in [-0.3, -0.25) is 0 Å². The maximum atomic E-state index is 4.85. The Morgan fingerprint density at radius 3 is 1.29 bits per heavy atom. The van der Waals surface area contributed by atoms with Crippen molar-refractivity contribution in [2.24, 2.45) is 0 Å². The second-order valence-corrected chi connectivity index (χ2v) is 9.19. The molecule has 0 unspecified atom stereocenters. The topological polar surface area (TPSA) is 48.5 Å². The Balaban J connectivity index is 1.49. The van der Waals surface area contributed by atoms with Crippen LogP contribution in [0.25, 0.3) is 34.2 Å². The Kier molecular flexibility index (Phi) is 5.40. The molecule has 0 N–H and O–H groups in total. The molecular weight excluding hydrogens is 418 g/mol. The molecule has 2 aromatic carbocycles. The summed E-state index contributed by atoms with van der Waals surface area (Å²) < 4.78 is 3.66. The molecule has 5 aromatic rings. The average molecular weight is 448 g/mol. The second-order valence-electron chi connectivity index (χ2n) is 9.19. The maximum absolute atomic E-state index is 4.85. The van der Waals surface area contributed by atoms with Crippen LogP contribution in [0.5, 0.6) is 0 Å². The summed E-state index contributed by atoms with van der Waals surface area (Å²) in [6, 6.07) is 18.8. The van der Waals surface area contributed by atoms with Crippen LogP contribution in [0, 0.1) is 41.5 Å². The number of hydrogen-bond donors (Lipinski definition) is 0. The van der Waals surface area contributed by atoms with E-state index in [-0.39, 0.29) is 0 Å². The van der Waals surface area contributed by atoms with Gasteiger partial charge in [0, 0.05) is 23.5 Å². The maximum Gasteiger partial charge on any atom is 0.155 e. The third-order valence-corrected chi connectivity index (χ3v) is 6.23. The number of aromatic nitrogens is 5. The summed E-state index contributed by atoms with van der Waals surface area (Å²) in [4.78, 5) is 4.85. The molecule has 3 aromatic heterocycles. The number of hydrogen-bond acceptors (Lipinski definition) is 3. The fraction of sp³-hybridized carbons (Fsp3) is 0.207. The van der Waals surface area contributed by atoms with E-state index in [1.807, 2.05) is 52.1 Å². The Morgan fingerprint density at radius 2 is 0.912 bits per heavy atom. The largest absolute Gasteiger partial charge is 0.222 e. The number of benzene rings is 2. The molecule has 0 radical (unpaired) electrons. The van der Waals surface area contributed by atoms with Crippen LogP contribution in [0.1, 0.15) is 33.4 Å². The summed E-state index contributed by atoms with van der Waals surface area (Å²) in [7, 11) is 0. The van der Waals surface area contributed by atoms with Gasteiger partial charge in [-0.15, -0.1) is 0 Å². The van der Waals surface area contributed by atoms with Crippen LogP contribution in [-0.2, 0) is 0 Å². The van der Waals surface area contributed by atoms with Gasteiger partial charge in [-0.25, -0.2) is 14.3 Å². The third-order valence-electron chi connectivity index (χ3n) is 6.23. The third kappa shape index (κ3) is 3.94. The molecule has 5 rings (SSSR count). The molecule has 0 atom stereocenters. The van der Waals surface area contributed by atoms with Gasteiger partial charge >= 0.3 is 0 Å². The predicted molar refractivity (Wildman–Crippen MR) is 138 cm³/mol. The minimum absolute atomic E-state index is 0.755. The molecule has 0 aliphatic carbocycles. The van der Waals surface area contributed by atoms with Crippen molar-refractivity contribution in [2.45, 2.75) is 41.5 Å². The van der Waals surface area contributed by atoms with Gasteiger partial charge in [0.05, 0.1) is 11.4 Å². The van der Waals surface area contributed by atoms with Gasteiger partial charge < -0.3 is 0 Å². The van der Waals surface area contributed by atoms with Crippen molar-refractivity contribution in [1.29, 1.82) is 0 Å². The summed E-state index contributed by atoms with van der Waals surface area (Å²) in [6.45, 7) is 12.8. The molecule has 0 saturated heterocycles. The van der Waals surface area contributed by atoms with Crippen LogP contribution in [-0.4, -0.2) is 24.5 Å². The molecule has 34 heavy (non-hydrogen) atoms. The van der Waals surface area contributed by atoms with Crippen molar-refractivity contribution in [2.75, 3.05) is 0 Å². The highest BCUT2D eigenvalue weighted by Gasteiger charge is 2.13. The SMILES string of the molecule is Cc1cc(C)c(-c2ccn(-c3cccc(-n4ccc(-c5c(C)cc(C)cc5C)n4)n3)n2)c(C)c1. The standard InChI is InChI=1S/C29H29N5/c1-18-14-20(3)28(21(4)15-18)24-10-12-33(31-24)26-8-7-9-27(30-26)34-13-11-25(32-34)29-22(5)16-19(2)17-23(29)6/h7-17H,1-6H3. The molecule has 0 bridgehead atoms. The van der Waals surface area contributed by atoms with E-state index in [1.54, 1.807) is 0 Å². The van der Waals surface area contributed by atoms with Gasteiger partial charge in [-0.1, -0.05) is 41.5 Å². The Labute approximate surface area is 200 Å². The van der Waals surface area contributed by atoms with Crippen LogP contribution in [0.2, 0.25) is 0 Å². The summed E-state index contributed by atoms with van der Waals surface area (Å²) in [6.07, 6.45) is 3.93. The Hall–Kier alpha value is -3.99. The monoisotopic (exact) mass is 447 g/mol. The Bertz CT molecular complexity index is 1360. The van der Waals surface area contributed by atoms with Crippen molar-refractivity contribution >= 4 is 0 Å². The summed E-state index contributed by atoms with van der Waals surface area (Å²) >= 11 is 0. The lowest BCUT2D eigenvalue weighted by molar-refractivity contribution is 0.806. The first-order valence-electron chi connectivity index (χ1n) is 11.6. The molecular formula is C29H29N5. The van der Waals surface area contributed by atoms with Crippen LogP contribution in [0.15, 0.2) is 67.0 Å². The second kappa shape index (κ2) is 8.41. The zero-order valence-corrected chi connectivity index (χ0v) is 20.6. The van der Waals surface area contributed by atoms with Gasteiger partial charge in [0.2, 0.25) is 0 Å². The first kappa shape index (κ1) is 21.8. The molecule has 0 fully saturated rings. The molecule has 0 aliphatic heterocycles. The fourth-order valence-corrected chi connectivity index (χ4v) is 5.01. The average Bonchev–Trinajstić information content (AvgIpc) is 3.43. The minimum atomic E-state index is 0.755. The summed E-state index contributed by atoms with van der Waals surface area (Å²) in [5.41, 5.74) is 11.7. The summed E-state index contributed by atoms with van der Waals surface area (Å²) in [5, 5.41) is 9.69. The van der Waals surface area contributed by atoms with Crippen LogP contribution >= 0.6 is 0 Å². The highest BCUT2D eigenvalue weighted by molar-refractivity contribution is 5.69. The first-order valence-corrected chi connectivity index (χ1v) is 11.6. The van der Waals surface area contributed by atoms with Crippen molar-refractivity contribution in [1.82, 2.24) is 24.5 Å². The number of nitrogens with zero attached hydrogens (tertiary/aromatic N) is 5. The minimum Gasteiger partial charge on any atom is -0.222 e. The normalized spacial score (nSPS) is 11.2. The number of aryl methyl sites for hydroxylation is 6. The molecule has 0 amide bonds. The van der Waals surface area contributed by atoms with Crippen molar-refractivity contribution < 1.29 is 0 Å². The van der Waals surface area contributed by atoms with Crippen LogP contribution in [0.3, 0.4) is 0 Å². The van der Waals surface area contributed by atoms with E-state index < -0.39 is 0 Å². The van der Waals surface area contributed by atoms with E-state index >= 15 is 0 Å². The molecule has 3 heterocycles. The van der Waals surface area contributed by atoms with Crippen molar-refractivity contribution in [3.05, 3.63) is 100 Å². The summed E-state index contributed by atoms with van der Waals surface area (Å²) in [5.74, 6) is 1.51. The van der Waals surface area contributed by atoms with Crippen LogP contribution in [0.4, 0.5) is 0 Å². The van der Waals surface area contributed by atoms with Gasteiger partial charge in [-0.05, 0) is 88.1 Å². The quantitative estimate of drug-likeness (QED) is 0.310. The number of rotatable bonds is 4. The van der Waals surface area contributed by atoms with Gasteiger partial charge in [0.25, 0.3) is 0 Å². The van der Waals surface area contributed by atoms with Crippen molar-refractivity contribution in [3.63, 3.8) is 0 Å². The van der Waals surface area contributed by atoms with E-state index in [1.165, 1.54) is 44.5 Å². The first-order chi connectivity index (χ1) is 16.3. The highest BCUT2D eigenvalue weighted by atomic mass is 15.3. The number of pyridine rings is 1. The van der Waals surface area contributed by atoms with Gasteiger partial charge in [0.15, 0.2) is 11.6 Å².